The van der Waals surface area contributed by atoms with E-state index in [4.69, 9.17) is 9.47 Å². The number of hydrogen-bond donors (Lipinski definition) is 1. The Bertz CT molecular complexity index is 635. The van der Waals surface area contributed by atoms with E-state index in [0.717, 1.165) is 11.8 Å². The Morgan fingerprint density at radius 1 is 1.35 bits per heavy atom. The fraction of sp³-hybridized carbons (Fsp3) is 0.533. The fourth-order valence-corrected chi connectivity index (χ4v) is 3.75. The van der Waals surface area contributed by atoms with Crippen molar-refractivity contribution in [2.45, 2.75) is 18.6 Å². The number of benzene rings is 1. The molecule has 1 aliphatic rings. The zero-order valence-corrected chi connectivity index (χ0v) is 14.1. The average molecular weight is 342 g/mol. The Labute approximate surface area is 136 Å². The number of amides is 1. The van der Waals surface area contributed by atoms with E-state index in [1.165, 1.54) is 12.0 Å². The summed E-state index contributed by atoms with van der Waals surface area (Å²) >= 11 is 0. The van der Waals surface area contributed by atoms with Crippen molar-refractivity contribution in [2.24, 2.45) is 0 Å². The Kier molecular flexibility index (Phi) is 5.61. The van der Waals surface area contributed by atoms with Crippen LogP contribution in [0.15, 0.2) is 30.3 Å². The first-order chi connectivity index (χ1) is 10.8. The van der Waals surface area contributed by atoms with Crippen molar-refractivity contribution < 1.29 is 22.7 Å². The highest BCUT2D eigenvalue weighted by Gasteiger charge is 2.42. The Hall–Kier alpha value is -1.64. The third kappa shape index (κ3) is 5.19. The van der Waals surface area contributed by atoms with Gasteiger partial charge in [0, 0.05) is 20.2 Å². The number of rotatable bonds is 6. The molecule has 0 spiro atoms. The van der Waals surface area contributed by atoms with Crippen molar-refractivity contribution in [3.05, 3.63) is 35.9 Å². The number of likely N-dealkylation sites (tertiary alicyclic amines) is 1. The van der Waals surface area contributed by atoms with Gasteiger partial charge in [-0.3, -0.25) is 0 Å². The van der Waals surface area contributed by atoms with Crippen LogP contribution in [-0.4, -0.2) is 58.0 Å². The molecule has 2 rings (SSSR count). The highest BCUT2D eigenvalue weighted by atomic mass is 32.2. The van der Waals surface area contributed by atoms with Crippen molar-refractivity contribution in [3.63, 3.8) is 0 Å². The largest absolute Gasteiger partial charge is 0.445 e. The number of carbonyl (C=O) groups is 1. The first kappa shape index (κ1) is 17.7. The van der Waals surface area contributed by atoms with Gasteiger partial charge in [0.1, 0.15) is 6.61 Å². The lowest BCUT2D eigenvalue weighted by atomic mass is 10.0. The Balaban J connectivity index is 1.95. The molecule has 1 aromatic rings. The number of nitrogens with one attached hydrogen (secondary N) is 1. The third-order valence-electron chi connectivity index (χ3n) is 3.64. The van der Waals surface area contributed by atoms with Crippen LogP contribution in [0.5, 0.6) is 0 Å². The molecule has 0 bridgehead atoms. The van der Waals surface area contributed by atoms with Gasteiger partial charge in [-0.15, -0.1) is 0 Å². The molecule has 0 aliphatic carbocycles. The van der Waals surface area contributed by atoms with E-state index in [1.807, 2.05) is 30.3 Å². The zero-order chi connectivity index (χ0) is 16.9. The molecule has 1 atom stereocenters. The van der Waals surface area contributed by atoms with Crippen LogP contribution in [0.1, 0.15) is 12.0 Å². The molecule has 1 heterocycles. The number of ether oxygens (including phenoxy) is 2. The number of carbonyl (C=O) groups excluding carboxylic acids is 1. The molecule has 7 nitrogen and oxygen atoms in total. The molecule has 1 fully saturated rings. The van der Waals surface area contributed by atoms with Gasteiger partial charge >= 0.3 is 6.09 Å². The van der Waals surface area contributed by atoms with Crippen LogP contribution in [0.4, 0.5) is 4.79 Å². The zero-order valence-electron chi connectivity index (χ0n) is 13.3. The lowest BCUT2D eigenvalue weighted by Crippen LogP contribution is -2.53. The SMILES string of the molecule is COCC1(NS(C)(=O)=O)CCN(C(=O)OCc2ccccc2)C1. The van der Waals surface area contributed by atoms with Gasteiger partial charge in [-0.05, 0) is 12.0 Å². The third-order valence-corrected chi connectivity index (χ3v) is 4.44. The lowest BCUT2D eigenvalue weighted by molar-refractivity contribution is 0.0933. The van der Waals surface area contributed by atoms with Gasteiger partial charge < -0.3 is 14.4 Å². The predicted octanol–water partition coefficient (Wildman–Crippen LogP) is 0.963. The smallest absolute Gasteiger partial charge is 0.410 e. The minimum Gasteiger partial charge on any atom is -0.445 e. The minimum atomic E-state index is -3.40. The minimum absolute atomic E-state index is 0.187. The number of sulfonamides is 1. The van der Waals surface area contributed by atoms with E-state index in [1.54, 1.807) is 0 Å². The first-order valence-corrected chi connectivity index (χ1v) is 9.16. The Morgan fingerprint density at radius 2 is 2.04 bits per heavy atom. The number of hydrogen-bond acceptors (Lipinski definition) is 5. The molecule has 1 unspecified atom stereocenters. The molecule has 1 saturated heterocycles. The van der Waals surface area contributed by atoms with Crippen LogP contribution in [-0.2, 0) is 26.1 Å². The van der Waals surface area contributed by atoms with E-state index in [2.05, 4.69) is 4.72 Å². The fourth-order valence-electron chi connectivity index (χ4n) is 2.74. The molecular formula is C15H22N2O5S. The Morgan fingerprint density at radius 3 is 2.65 bits per heavy atom. The molecule has 8 heteroatoms. The highest BCUT2D eigenvalue weighted by Crippen LogP contribution is 2.23. The molecule has 1 aromatic carbocycles. The van der Waals surface area contributed by atoms with E-state index in [-0.39, 0.29) is 19.8 Å². The van der Waals surface area contributed by atoms with Crippen molar-refractivity contribution in [2.75, 3.05) is 33.1 Å². The van der Waals surface area contributed by atoms with E-state index in [9.17, 15) is 13.2 Å². The van der Waals surface area contributed by atoms with Crippen LogP contribution < -0.4 is 4.72 Å². The highest BCUT2D eigenvalue weighted by molar-refractivity contribution is 7.88. The summed E-state index contributed by atoms with van der Waals surface area (Å²) in [4.78, 5) is 13.7. The van der Waals surface area contributed by atoms with Gasteiger partial charge in [-0.1, -0.05) is 30.3 Å². The quantitative estimate of drug-likeness (QED) is 0.832. The van der Waals surface area contributed by atoms with Gasteiger partial charge in [0.2, 0.25) is 10.0 Å². The van der Waals surface area contributed by atoms with Gasteiger partial charge in [-0.2, -0.15) is 0 Å². The second kappa shape index (κ2) is 7.29. The van der Waals surface area contributed by atoms with Crippen molar-refractivity contribution >= 4 is 16.1 Å². The summed E-state index contributed by atoms with van der Waals surface area (Å²) in [6.45, 7) is 1.02. The summed E-state index contributed by atoms with van der Waals surface area (Å²) < 4.78 is 36.1. The monoisotopic (exact) mass is 342 g/mol. The van der Waals surface area contributed by atoms with Crippen LogP contribution in [0.25, 0.3) is 0 Å². The standard InChI is InChI=1S/C15H22N2O5S/c1-21-12-15(16-23(2,19)20)8-9-17(11-15)14(18)22-10-13-6-4-3-5-7-13/h3-7,16H,8-12H2,1-2H3. The normalized spacial score (nSPS) is 21.4. The summed E-state index contributed by atoms with van der Waals surface area (Å²) in [5, 5.41) is 0. The van der Waals surface area contributed by atoms with Crippen LogP contribution in [0, 0.1) is 0 Å². The van der Waals surface area contributed by atoms with E-state index in [0.29, 0.717) is 13.0 Å². The summed E-state index contributed by atoms with van der Waals surface area (Å²) in [5.74, 6) is 0. The molecule has 1 aliphatic heterocycles. The topological polar surface area (TPSA) is 84.9 Å². The van der Waals surface area contributed by atoms with Crippen molar-refractivity contribution in [3.8, 4) is 0 Å². The summed E-state index contributed by atoms with van der Waals surface area (Å²) in [5.41, 5.74) is 0.103. The summed E-state index contributed by atoms with van der Waals surface area (Å²) in [6.07, 6.45) is 1.12. The van der Waals surface area contributed by atoms with Gasteiger partial charge in [0.05, 0.1) is 18.4 Å². The number of nitrogens with zero attached hydrogens (tertiary/aromatic N) is 1. The van der Waals surface area contributed by atoms with E-state index < -0.39 is 21.7 Å². The maximum absolute atomic E-state index is 12.2. The van der Waals surface area contributed by atoms with Crippen molar-refractivity contribution in [1.29, 1.82) is 0 Å². The van der Waals surface area contributed by atoms with Gasteiger partial charge in [0.25, 0.3) is 0 Å². The predicted molar refractivity (Wildman–Crippen MR) is 85.4 cm³/mol. The molecule has 1 N–H and O–H groups in total. The van der Waals surface area contributed by atoms with Crippen LogP contribution >= 0.6 is 0 Å². The molecule has 0 radical (unpaired) electrons. The van der Waals surface area contributed by atoms with Crippen LogP contribution in [0.2, 0.25) is 0 Å². The summed E-state index contributed by atoms with van der Waals surface area (Å²) in [7, 11) is -1.90. The van der Waals surface area contributed by atoms with Gasteiger partial charge in [-0.25, -0.2) is 17.9 Å². The second-order valence-corrected chi connectivity index (χ2v) is 7.55. The van der Waals surface area contributed by atoms with E-state index >= 15 is 0 Å². The maximum atomic E-state index is 12.2. The maximum Gasteiger partial charge on any atom is 0.410 e. The molecule has 0 aromatic heterocycles. The molecule has 0 saturated carbocycles. The number of methoxy groups -OCH3 is 1. The summed E-state index contributed by atoms with van der Waals surface area (Å²) in [6, 6.07) is 9.38. The van der Waals surface area contributed by atoms with Crippen LogP contribution in [0.3, 0.4) is 0 Å². The average Bonchev–Trinajstić information content (AvgIpc) is 2.88. The lowest BCUT2D eigenvalue weighted by Gasteiger charge is -2.28. The molecule has 128 valence electrons. The molecular weight excluding hydrogens is 320 g/mol. The molecule has 23 heavy (non-hydrogen) atoms. The van der Waals surface area contributed by atoms with Gasteiger partial charge in [0.15, 0.2) is 0 Å². The first-order valence-electron chi connectivity index (χ1n) is 7.27. The second-order valence-electron chi connectivity index (χ2n) is 5.80. The molecule has 1 amide bonds. The van der Waals surface area contributed by atoms with Crippen molar-refractivity contribution in [1.82, 2.24) is 9.62 Å².